The van der Waals surface area contributed by atoms with E-state index in [9.17, 15) is 4.79 Å². The third kappa shape index (κ3) is 5.43. The Morgan fingerprint density at radius 2 is 1.80 bits per heavy atom. The van der Waals surface area contributed by atoms with Crippen molar-refractivity contribution in [2.75, 3.05) is 19.6 Å². The van der Waals surface area contributed by atoms with Crippen LogP contribution in [0, 0.1) is 11.8 Å². The van der Waals surface area contributed by atoms with Crippen LogP contribution in [-0.2, 0) is 9.53 Å². The lowest BCUT2D eigenvalue weighted by atomic mass is 9.75. The van der Waals surface area contributed by atoms with E-state index in [1.54, 1.807) is 0 Å². The van der Waals surface area contributed by atoms with Gasteiger partial charge in [0.25, 0.3) is 0 Å². The van der Waals surface area contributed by atoms with Crippen molar-refractivity contribution in [1.29, 1.82) is 0 Å². The van der Waals surface area contributed by atoms with E-state index in [-0.39, 0.29) is 11.6 Å². The second-order valence-corrected chi connectivity index (χ2v) is 9.50. The first kappa shape index (κ1) is 19.2. The van der Waals surface area contributed by atoms with Gasteiger partial charge >= 0.3 is 5.97 Å². The second kappa shape index (κ2) is 8.39. The molecule has 0 bridgehead atoms. The first-order valence-corrected chi connectivity index (χ1v) is 10.6. The van der Waals surface area contributed by atoms with Crippen LogP contribution in [0.5, 0.6) is 0 Å². The number of nitrogens with zero attached hydrogens (tertiary/aromatic N) is 1. The smallest absolute Gasteiger partial charge is 0.306 e. The topological polar surface area (TPSA) is 41.6 Å². The number of rotatable bonds is 3. The Labute approximate surface area is 154 Å². The van der Waals surface area contributed by atoms with E-state index in [2.05, 4.69) is 10.2 Å². The van der Waals surface area contributed by atoms with Gasteiger partial charge in [0.2, 0.25) is 0 Å². The highest BCUT2D eigenvalue weighted by molar-refractivity contribution is 5.70. The van der Waals surface area contributed by atoms with Crippen molar-refractivity contribution in [2.45, 2.75) is 96.2 Å². The number of carbonyl (C=O) groups is 1. The first-order chi connectivity index (χ1) is 11.9. The van der Waals surface area contributed by atoms with E-state index in [0.717, 1.165) is 24.9 Å². The zero-order valence-electron chi connectivity index (χ0n) is 16.6. The van der Waals surface area contributed by atoms with Crippen molar-refractivity contribution in [3.8, 4) is 0 Å². The third-order valence-electron chi connectivity index (χ3n) is 6.36. The van der Waals surface area contributed by atoms with Crippen LogP contribution >= 0.6 is 0 Å². The molecular weight excluding hydrogens is 312 g/mol. The Hall–Kier alpha value is -0.610. The minimum absolute atomic E-state index is 0.0202. The molecule has 1 N–H and O–H groups in total. The maximum Gasteiger partial charge on any atom is 0.306 e. The van der Waals surface area contributed by atoms with Crippen LogP contribution in [-0.4, -0.2) is 48.2 Å². The van der Waals surface area contributed by atoms with E-state index in [1.807, 2.05) is 20.8 Å². The highest BCUT2D eigenvalue weighted by Gasteiger charge is 2.38. The van der Waals surface area contributed by atoms with E-state index in [1.165, 1.54) is 58.0 Å². The summed E-state index contributed by atoms with van der Waals surface area (Å²) >= 11 is 0. The summed E-state index contributed by atoms with van der Waals surface area (Å²) in [6.07, 6.45) is 11.0. The SMILES string of the molecule is CC(C)(C)OC(=O)CC1CCN[C@@H]2[C@@H](CCC[C@H]2N2CCCC2)CC1. The lowest BCUT2D eigenvalue weighted by Crippen LogP contribution is -2.56. The molecule has 0 spiro atoms. The predicted molar refractivity (Wildman–Crippen MR) is 102 cm³/mol. The predicted octanol–water partition coefficient (Wildman–Crippen LogP) is 3.74. The molecule has 0 aromatic heterocycles. The molecule has 3 fully saturated rings. The molecule has 1 aliphatic carbocycles. The average Bonchev–Trinajstić information content (AvgIpc) is 3.02. The van der Waals surface area contributed by atoms with Gasteiger partial charge in [0.05, 0.1) is 0 Å². The van der Waals surface area contributed by atoms with Crippen molar-refractivity contribution in [3.63, 3.8) is 0 Å². The molecule has 1 saturated carbocycles. The van der Waals surface area contributed by atoms with Crippen LogP contribution < -0.4 is 5.32 Å². The van der Waals surface area contributed by atoms with Crippen LogP contribution in [0.4, 0.5) is 0 Å². The fourth-order valence-electron chi connectivity index (χ4n) is 5.24. The first-order valence-electron chi connectivity index (χ1n) is 10.6. The molecule has 144 valence electrons. The summed E-state index contributed by atoms with van der Waals surface area (Å²) in [5.74, 6) is 1.25. The highest BCUT2D eigenvalue weighted by Crippen LogP contribution is 2.35. The van der Waals surface area contributed by atoms with Crippen molar-refractivity contribution in [1.82, 2.24) is 10.2 Å². The summed E-state index contributed by atoms with van der Waals surface area (Å²) in [5.41, 5.74) is -0.367. The Morgan fingerprint density at radius 3 is 2.52 bits per heavy atom. The van der Waals surface area contributed by atoms with E-state index in [4.69, 9.17) is 4.74 Å². The van der Waals surface area contributed by atoms with E-state index in [0.29, 0.717) is 18.4 Å². The molecule has 0 aromatic carbocycles. The molecule has 0 radical (unpaired) electrons. The van der Waals surface area contributed by atoms with Gasteiger partial charge in [-0.2, -0.15) is 0 Å². The minimum atomic E-state index is -0.367. The molecule has 3 aliphatic rings. The fourth-order valence-corrected chi connectivity index (χ4v) is 5.24. The third-order valence-corrected chi connectivity index (χ3v) is 6.36. The minimum Gasteiger partial charge on any atom is -0.460 e. The molecule has 2 saturated heterocycles. The van der Waals surface area contributed by atoms with Gasteiger partial charge < -0.3 is 10.1 Å². The number of carbonyl (C=O) groups excluding carboxylic acids is 1. The fraction of sp³-hybridized carbons (Fsp3) is 0.952. The lowest BCUT2D eigenvalue weighted by Gasteiger charge is -2.45. The van der Waals surface area contributed by atoms with Crippen LogP contribution in [0.25, 0.3) is 0 Å². The molecule has 1 unspecified atom stereocenters. The molecule has 0 aromatic rings. The van der Waals surface area contributed by atoms with Crippen molar-refractivity contribution >= 4 is 5.97 Å². The van der Waals surface area contributed by atoms with Crippen LogP contribution in [0.3, 0.4) is 0 Å². The number of esters is 1. The largest absolute Gasteiger partial charge is 0.460 e. The summed E-state index contributed by atoms with van der Waals surface area (Å²) < 4.78 is 5.54. The Balaban J connectivity index is 1.53. The summed E-state index contributed by atoms with van der Waals surface area (Å²) in [6.45, 7) is 9.52. The number of hydrogen-bond acceptors (Lipinski definition) is 4. The number of hydrogen-bond donors (Lipinski definition) is 1. The molecule has 3 rings (SSSR count). The average molecular weight is 351 g/mol. The van der Waals surface area contributed by atoms with Crippen LogP contribution in [0.2, 0.25) is 0 Å². The van der Waals surface area contributed by atoms with Gasteiger partial charge in [0.1, 0.15) is 5.60 Å². The van der Waals surface area contributed by atoms with Gasteiger partial charge in [0.15, 0.2) is 0 Å². The molecule has 4 heteroatoms. The van der Waals surface area contributed by atoms with Gasteiger partial charge in [-0.1, -0.05) is 6.42 Å². The normalized spacial score (nSPS) is 34.8. The van der Waals surface area contributed by atoms with Crippen molar-refractivity contribution in [2.24, 2.45) is 11.8 Å². The maximum atomic E-state index is 12.2. The Bertz CT molecular complexity index is 440. The molecule has 4 atom stereocenters. The van der Waals surface area contributed by atoms with Crippen molar-refractivity contribution < 1.29 is 9.53 Å². The number of likely N-dealkylation sites (tertiary alicyclic amines) is 1. The molecule has 2 heterocycles. The summed E-state index contributed by atoms with van der Waals surface area (Å²) in [7, 11) is 0. The monoisotopic (exact) mass is 350 g/mol. The number of ether oxygens (including phenoxy) is 1. The van der Waals surface area contributed by atoms with Gasteiger partial charge in [-0.15, -0.1) is 0 Å². The molecule has 4 nitrogen and oxygen atoms in total. The number of fused-ring (bicyclic) bond motifs is 1. The lowest BCUT2D eigenvalue weighted by molar-refractivity contribution is -0.156. The van der Waals surface area contributed by atoms with Crippen LogP contribution in [0.1, 0.15) is 78.6 Å². The van der Waals surface area contributed by atoms with E-state index >= 15 is 0 Å². The Morgan fingerprint density at radius 1 is 1.04 bits per heavy atom. The maximum absolute atomic E-state index is 12.2. The quantitative estimate of drug-likeness (QED) is 0.787. The standard InChI is InChI=1S/C21H38N2O2/c1-21(2,3)25-19(24)15-16-9-10-17-7-6-8-18(20(17)22-12-11-16)23-13-4-5-14-23/h16-18,20,22H,4-15H2,1-3H3/t16?,17-,18+,20+/m0/s1. The summed E-state index contributed by atoms with van der Waals surface area (Å²) in [6, 6.07) is 1.43. The second-order valence-electron chi connectivity index (χ2n) is 9.50. The molecule has 25 heavy (non-hydrogen) atoms. The van der Waals surface area contributed by atoms with Gasteiger partial charge in [-0.05, 0) is 97.2 Å². The zero-order chi connectivity index (χ0) is 17.9. The zero-order valence-corrected chi connectivity index (χ0v) is 16.6. The van der Waals surface area contributed by atoms with Crippen molar-refractivity contribution in [3.05, 3.63) is 0 Å². The summed E-state index contributed by atoms with van der Waals surface area (Å²) in [5, 5.41) is 3.91. The molecule has 2 aliphatic heterocycles. The summed E-state index contributed by atoms with van der Waals surface area (Å²) in [4.78, 5) is 14.9. The van der Waals surface area contributed by atoms with Gasteiger partial charge in [-0.25, -0.2) is 0 Å². The van der Waals surface area contributed by atoms with E-state index < -0.39 is 0 Å². The Kier molecular flexibility index (Phi) is 6.43. The highest BCUT2D eigenvalue weighted by atomic mass is 16.6. The number of nitrogens with one attached hydrogen (secondary N) is 1. The molecule has 0 amide bonds. The van der Waals surface area contributed by atoms with Crippen LogP contribution in [0.15, 0.2) is 0 Å². The molecular formula is C21H38N2O2. The van der Waals surface area contributed by atoms with Gasteiger partial charge in [-0.3, -0.25) is 9.69 Å². The van der Waals surface area contributed by atoms with Gasteiger partial charge in [0, 0.05) is 18.5 Å².